The first-order valence-electron chi connectivity index (χ1n) is 7.87. The number of anilines is 2. The van der Waals surface area contributed by atoms with Crippen molar-refractivity contribution in [2.75, 3.05) is 29.9 Å². The number of amides is 1. The Morgan fingerprint density at radius 2 is 2.00 bits per heavy atom. The van der Waals surface area contributed by atoms with Gasteiger partial charge in [0.05, 0.1) is 17.3 Å². The Morgan fingerprint density at radius 1 is 1.33 bits per heavy atom. The van der Waals surface area contributed by atoms with Gasteiger partial charge in [0.15, 0.2) is 0 Å². The number of carbonyl (C=O) groups excluding carboxylic acids is 1. The van der Waals surface area contributed by atoms with Gasteiger partial charge >= 0.3 is 0 Å². The summed E-state index contributed by atoms with van der Waals surface area (Å²) in [7, 11) is 0. The van der Waals surface area contributed by atoms with E-state index in [-0.39, 0.29) is 5.91 Å². The fourth-order valence-electron chi connectivity index (χ4n) is 2.82. The topological polar surface area (TPSA) is 71.2 Å². The maximum atomic E-state index is 12.4. The summed E-state index contributed by atoms with van der Waals surface area (Å²) in [4.78, 5) is 19.1. The van der Waals surface area contributed by atoms with Gasteiger partial charge in [-0.15, -0.1) is 0 Å². The molecular formula is C16H26N4O. The van der Waals surface area contributed by atoms with Gasteiger partial charge in [-0.1, -0.05) is 13.8 Å². The zero-order chi connectivity index (χ0) is 15.3. The molecule has 5 heteroatoms. The molecule has 21 heavy (non-hydrogen) atoms. The van der Waals surface area contributed by atoms with Crippen molar-refractivity contribution in [2.24, 2.45) is 11.1 Å². The number of hydrogen-bond acceptors (Lipinski definition) is 4. The molecule has 116 valence electrons. The quantitative estimate of drug-likeness (QED) is 0.844. The van der Waals surface area contributed by atoms with Gasteiger partial charge in [0.2, 0.25) is 5.91 Å². The van der Waals surface area contributed by atoms with E-state index in [4.69, 9.17) is 5.73 Å². The minimum Gasteiger partial charge on any atom is -0.370 e. The lowest BCUT2D eigenvalue weighted by atomic mass is 9.81. The number of rotatable bonds is 6. The van der Waals surface area contributed by atoms with Crippen LogP contribution in [0.25, 0.3) is 0 Å². The van der Waals surface area contributed by atoms with Crippen LogP contribution < -0.4 is 16.0 Å². The summed E-state index contributed by atoms with van der Waals surface area (Å²) in [5, 5.41) is 2.90. The molecule has 0 bridgehead atoms. The third-order valence-corrected chi connectivity index (χ3v) is 4.69. The zero-order valence-electron chi connectivity index (χ0n) is 13.1. The maximum Gasteiger partial charge on any atom is 0.233 e. The predicted molar refractivity (Wildman–Crippen MR) is 86.4 cm³/mol. The molecule has 0 spiro atoms. The van der Waals surface area contributed by atoms with Crippen molar-refractivity contribution in [2.45, 2.75) is 39.5 Å². The smallest absolute Gasteiger partial charge is 0.233 e. The lowest BCUT2D eigenvalue weighted by Gasteiger charge is -2.28. The van der Waals surface area contributed by atoms with Crippen LogP contribution in [0.15, 0.2) is 18.3 Å². The van der Waals surface area contributed by atoms with Crippen LogP contribution in [0.3, 0.4) is 0 Å². The van der Waals surface area contributed by atoms with Gasteiger partial charge in [0, 0.05) is 19.6 Å². The van der Waals surface area contributed by atoms with E-state index in [9.17, 15) is 4.79 Å². The molecule has 1 aliphatic rings. The van der Waals surface area contributed by atoms with Crippen molar-refractivity contribution >= 4 is 17.4 Å². The lowest BCUT2D eigenvalue weighted by Crippen LogP contribution is -2.41. The van der Waals surface area contributed by atoms with Crippen LogP contribution in [0, 0.1) is 5.41 Å². The lowest BCUT2D eigenvalue weighted by molar-refractivity contribution is -0.125. The fraction of sp³-hybridized carbons (Fsp3) is 0.625. The Hall–Kier alpha value is -1.62. The van der Waals surface area contributed by atoms with Crippen LogP contribution in [0.2, 0.25) is 0 Å². The number of nitrogens with two attached hydrogens (primary N) is 1. The number of pyridine rings is 1. The molecule has 3 N–H and O–H groups in total. The summed E-state index contributed by atoms with van der Waals surface area (Å²) in [6, 6.07) is 3.90. The van der Waals surface area contributed by atoms with Crippen molar-refractivity contribution in [3.05, 3.63) is 18.3 Å². The fourth-order valence-corrected chi connectivity index (χ4v) is 2.82. The van der Waals surface area contributed by atoms with E-state index in [1.54, 1.807) is 0 Å². The molecule has 0 aromatic carbocycles. The van der Waals surface area contributed by atoms with Crippen molar-refractivity contribution in [3.8, 4) is 0 Å². The maximum absolute atomic E-state index is 12.4. The second-order valence-corrected chi connectivity index (χ2v) is 5.74. The van der Waals surface area contributed by atoms with Crippen LogP contribution >= 0.6 is 0 Å². The molecule has 2 heterocycles. The van der Waals surface area contributed by atoms with E-state index in [2.05, 4.69) is 15.2 Å². The SMILES string of the molecule is CCC(CC)(CN)C(=O)Nc1ccc(N2CCCC2)cn1. The molecule has 0 unspecified atom stereocenters. The van der Waals surface area contributed by atoms with Crippen molar-refractivity contribution in [1.29, 1.82) is 0 Å². The Morgan fingerprint density at radius 3 is 2.48 bits per heavy atom. The van der Waals surface area contributed by atoms with E-state index in [1.165, 1.54) is 12.8 Å². The molecular weight excluding hydrogens is 264 g/mol. The van der Waals surface area contributed by atoms with E-state index < -0.39 is 5.41 Å². The number of aromatic nitrogens is 1. The summed E-state index contributed by atoms with van der Waals surface area (Å²) in [5.41, 5.74) is 6.44. The standard InChI is InChI=1S/C16H26N4O/c1-3-16(4-2,12-17)15(21)19-14-8-7-13(11-18-14)20-9-5-6-10-20/h7-8,11H,3-6,9-10,12,17H2,1-2H3,(H,18,19,21). The molecule has 1 aliphatic heterocycles. The van der Waals surface area contributed by atoms with Crippen molar-refractivity contribution in [3.63, 3.8) is 0 Å². The predicted octanol–water partition coefficient (Wildman–Crippen LogP) is 2.39. The molecule has 1 aromatic heterocycles. The van der Waals surface area contributed by atoms with Crippen LogP contribution in [-0.2, 0) is 4.79 Å². The Kier molecular flexibility index (Phi) is 5.17. The largest absolute Gasteiger partial charge is 0.370 e. The third kappa shape index (κ3) is 3.35. The van der Waals surface area contributed by atoms with E-state index >= 15 is 0 Å². The van der Waals surface area contributed by atoms with Gasteiger partial charge in [-0.2, -0.15) is 0 Å². The normalized spacial score (nSPS) is 15.3. The van der Waals surface area contributed by atoms with Gasteiger partial charge < -0.3 is 16.0 Å². The summed E-state index contributed by atoms with van der Waals surface area (Å²) in [6.07, 6.45) is 5.79. The highest BCUT2D eigenvalue weighted by atomic mass is 16.2. The van der Waals surface area contributed by atoms with Crippen molar-refractivity contribution in [1.82, 2.24) is 4.98 Å². The summed E-state index contributed by atoms with van der Waals surface area (Å²) in [6.45, 7) is 6.54. The minimum atomic E-state index is -0.491. The first-order valence-corrected chi connectivity index (χ1v) is 7.87. The Bertz CT molecular complexity index is 453. The van der Waals surface area contributed by atoms with E-state index in [0.29, 0.717) is 12.4 Å². The molecule has 2 rings (SSSR count). The highest BCUT2D eigenvalue weighted by Crippen LogP contribution is 2.27. The van der Waals surface area contributed by atoms with Gasteiger partial charge in [0.25, 0.3) is 0 Å². The average molecular weight is 290 g/mol. The Labute approximate surface area is 126 Å². The monoisotopic (exact) mass is 290 g/mol. The molecule has 1 saturated heterocycles. The van der Waals surface area contributed by atoms with Gasteiger partial charge in [-0.3, -0.25) is 4.79 Å². The molecule has 0 atom stereocenters. The van der Waals surface area contributed by atoms with Crippen LogP contribution in [-0.4, -0.2) is 30.5 Å². The van der Waals surface area contributed by atoms with E-state index in [0.717, 1.165) is 31.6 Å². The van der Waals surface area contributed by atoms with Gasteiger partial charge in [0.1, 0.15) is 5.82 Å². The highest BCUT2D eigenvalue weighted by molar-refractivity contribution is 5.94. The zero-order valence-corrected chi connectivity index (χ0v) is 13.1. The Balaban J connectivity index is 2.04. The van der Waals surface area contributed by atoms with E-state index in [1.807, 2.05) is 32.2 Å². The molecule has 1 amide bonds. The van der Waals surface area contributed by atoms with Crippen LogP contribution in [0.4, 0.5) is 11.5 Å². The second-order valence-electron chi connectivity index (χ2n) is 5.74. The molecule has 5 nitrogen and oxygen atoms in total. The summed E-state index contributed by atoms with van der Waals surface area (Å²) in [5.74, 6) is 0.569. The second kappa shape index (κ2) is 6.89. The number of carbonyl (C=O) groups is 1. The van der Waals surface area contributed by atoms with Crippen LogP contribution in [0.1, 0.15) is 39.5 Å². The molecule has 0 radical (unpaired) electrons. The minimum absolute atomic E-state index is 0.0311. The number of hydrogen-bond donors (Lipinski definition) is 2. The first-order chi connectivity index (χ1) is 10.1. The molecule has 1 aromatic rings. The molecule has 0 saturated carbocycles. The number of nitrogens with zero attached hydrogens (tertiary/aromatic N) is 2. The summed E-state index contributed by atoms with van der Waals surface area (Å²) >= 11 is 0. The number of nitrogens with one attached hydrogen (secondary N) is 1. The van der Waals surface area contributed by atoms with Crippen LogP contribution in [0.5, 0.6) is 0 Å². The molecule has 1 fully saturated rings. The highest BCUT2D eigenvalue weighted by Gasteiger charge is 2.33. The van der Waals surface area contributed by atoms with Gasteiger partial charge in [-0.25, -0.2) is 4.98 Å². The third-order valence-electron chi connectivity index (χ3n) is 4.69. The van der Waals surface area contributed by atoms with Crippen molar-refractivity contribution < 1.29 is 4.79 Å². The van der Waals surface area contributed by atoms with Gasteiger partial charge in [-0.05, 0) is 37.8 Å². The molecule has 0 aliphatic carbocycles. The first kappa shape index (κ1) is 15.8. The summed E-state index contributed by atoms with van der Waals surface area (Å²) < 4.78 is 0. The average Bonchev–Trinajstić information content (AvgIpc) is 3.05.